The van der Waals surface area contributed by atoms with Crippen LogP contribution in [0.4, 0.5) is 0 Å². The second-order valence-electron chi connectivity index (χ2n) is 5.09. The molecule has 0 spiro atoms. The molecular weight excluding hydrogens is 202 g/mol. The molecule has 4 heteroatoms. The van der Waals surface area contributed by atoms with E-state index in [4.69, 9.17) is 10.9 Å². The summed E-state index contributed by atoms with van der Waals surface area (Å²) in [6, 6.07) is 0. The molecule has 4 nitrogen and oxygen atoms in total. The Kier molecular flexibility index (Phi) is 5.60. The van der Waals surface area contributed by atoms with Crippen LogP contribution in [0.5, 0.6) is 0 Å². The van der Waals surface area contributed by atoms with Crippen LogP contribution in [-0.4, -0.2) is 35.6 Å². The van der Waals surface area contributed by atoms with Crippen LogP contribution >= 0.6 is 0 Å². The fourth-order valence-corrected chi connectivity index (χ4v) is 2.24. The Labute approximate surface area is 98.5 Å². The molecule has 1 heterocycles. The van der Waals surface area contributed by atoms with Crippen LogP contribution in [0.2, 0.25) is 0 Å². The predicted octanol–water partition coefficient (Wildman–Crippen LogP) is 1.88. The summed E-state index contributed by atoms with van der Waals surface area (Å²) in [5.74, 6) is 2.03. The standard InChI is InChI=1S/C12H25N3O/c1-10-6-8-15(9-11(10)2)7-4-3-5-12(13)14-16/h10-11,16H,3-9H2,1-2H3,(H2,13,14). The molecule has 0 bridgehead atoms. The molecule has 0 saturated carbocycles. The molecule has 0 aromatic rings. The van der Waals surface area contributed by atoms with Gasteiger partial charge in [-0.25, -0.2) is 0 Å². The van der Waals surface area contributed by atoms with Gasteiger partial charge in [0.2, 0.25) is 0 Å². The number of nitrogens with two attached hydrogens (primary N) is 1. The maximum atomic E-state index is 8.40. The molecule has 2 unspecified atom stereocenters. The van der Waals surface area contributed by atoms with Crippen molar-refractivity contribution >= 4 is 5.84 Å². The van der Waals surface area contributed by atoms with Crippen molar-refractivity contribution in [2.75, 3.05) is 19.6 Å². The zero-order valence-electron chi connectivity index (χ0n) is 10.5. The summed E-state index contributed by atoms with van der Waals surface area (Å²) in [5.41, 5.74) is 5.42. The SMILES string of the molecule is CC1CCN(CCCCC(N)=NO)CC1C. The first-order valence-corrected chi connectivity index (χ1v) is 6.32. The minimum absolute atomic E-state index is 0.348. The van der Waals surface area contributed by atoms with Crippen LogP contribution in [0, 0.1) is 11.8 Å². The summed E-state index contributed by atoms with van der Waals surface area (Å²) < 4.78 is 0. The van der Waals surface area contributed by atoms with Gasteiger partial charge in [-0.05, 0) is 44.2 Å². The van der Waals surface area contributed by atoms with Gasteiger partial charge in [0.1, 0.15) is 5.84 Å². The Morgan fingerprint density at radius 1 is 1.38 bits per heavy atom. The Bertz CT molecular complexity index is 230. The monoisotopic (exact) mass is 227 g/mol. The number of hydrogen-bond donors (Lipinski definition) is 2. The summed E-state index contributed by atoms with van der Waals surface area (Å²) in [5, 5.41) is 11.4. The maximum Gasteiger partial charge on any atom is 0.139 e. The van der Waals surface area contributed by atoms with Gasteiger partial charge in [0.25, 0.3) is 0 Å². The largest absolute Gasteiger partial charge is 0.409 e. The summed E-state index contributed by atoms with van der Waals surface area (Å²) >= 11 is 0. The molecule has 1 fully saturated rings. The molecule has 2 atom stereocenters. The van der Waals surface area contributed by atoms with Crippen molar-refractivity contribution in [3.05, 3.63) is 0 Å². The Hall–Kier alpha value is -0.770. The van der Waals surface area contributed by atoms with Crippen molar-refractivity contribution in [3.8, 4) is 0 Å². The molecule has 0 aromatic heterocycles. The van der Waals surface area contributed by atoms with Gasteiger partial charge in [0.15, 0.2) is 0 Å². The number of likely N-dealkylation sites (tertiary alicyclic amines) is 1. The van der Waals surface area contributed by atoms with E-state index in [2.05, 4.69) is 23.9 Å². The lowest BCUT2D eigenvalue weighted by Crippen LogP contribution is -2.38. The molecule has 0 aliphatic carbocycles. The van der Waals surface area contributed by atoms with Crippen molar-refractivity contribution in [3.63, 3.8) is 0 Å². The van der Waals surface area contributed by atoms with Crippen LogP contribution in [0.1, 0.15) is 39.5 Å². The van der Waals surface area contributed by atoms with Crippen molar-refractivity contribution in [1.29, 1.82) is 0 Å². The summed E-state index contributed by atoms with van der Waals surface area (Å²) in [6.07, 6.45) is 4.17. The number of piperidine rings is 1. The van der Waals surface area contributed by atoms with Gasteiger partial charge in [0, 0.05) is 13.0 Å². The number of rotatable bonds is 5. The van der Waals surface area contributed by atoms with Gasteiger partial charge in [-0.3, -0.25) is 0 Å². The first-order valence-electron chi connectivity index (χ1n) is 6.32. The number of oxime groups is 1. The average molecular weight is 227 g/mol. The van der Waals surface area contributed by atoms with Crippen molar-refractivity contribution in [2.24, 2.45) is 22.7 Å². The van der Waals surface area contributed by atoms with E-state index in [-0.39, 0.29) is 0 Å². The topological polar surface area (TPSA) is 61.8 Å². The number of amidine groups is 1. The number of hydrogen-bond acceptors (Lipinski definition) is 3. The van der Waals surface area contributed by atoms with Gasteiger partial charge in [-0.15, -0.1) is 0 Å². The van der Waals surface area contributed by atoms with E-state index in [9.17, 15) is 0 Å². The highest BCUT2D eigenvalue weighted by Gasteiger charge is 2.21. The van der Waals surface area contributed by atoms with Gasteiger partial charge >= 0.3 is 0 Å². The van der Waals surface area contributed by atoms with E-state index in [1.807, 2.05) is 0 Å². The number of nitrogens with zero attached hydrogens (tertiary/aromatic N) is 2. The Morgan fingerprint density at radius 3 is 2.75 bits per heavy atom. The van der Waals surface area contributed by atoms with E-state index in [1.54, 1.807) is 0 Å². The third-order valence-corrected chi connectivity index (χ3v) is 3.70. The highest BCUT2D eigenvalue weighted by Crippen LogP contribution is 2.22. The summed E-state index contributed by atoms with van der Waals surface area (Å²) in [4.78, 5) is 2.54. The third-order valence-electron chi connectivity index (χ3n) is 3.70. The molecule has 16 heavy (non-hydrogen) atoms. The lowest BCUT2D eigenvalue weighted by molar-refractivity contribution is 0.137. The van der Waals surface area contributed by atoms with Crippen LogP contribution in [0.15, 0.2) is 5.16 Å². The van der Waals surface area contributed by atoms with Crippen molar-refractivity contribution in [1.82, 2.24) is 4.90 Å². The molecule has 0 amide bonds. The quantitative estimate of drug-likeness (QED) is 0.248. The lowest BCUT2D eigenvalue weighted by atomic mass is 9.88. The summed E-state index contributed by atoms with van der Waals surface area (Å²) in [6.45, 7) is 8.29. The minimum atomic E-state index is 0.348. The average Bonchev–Trinajstić information content (AvgIpc) is 2.28. The first-order chi connectivity index (χ1) is 7.63. The maximum absolute atomic E-state index is 8.40. The highest BCUT2D eigenvalue weighted by molar-refractivity contribution is 5.79. The Morgan fingerprint density at radius 2 is 2.12 bits per heavy atom. The fraction of sp³-hybridized carbons (Fsp3) is 0.917. The molecule has 1 aliphatic rings. The molecule has 1 aliphatic heterocycles. The fourth-order valence-electron chi connectivity index (χ4n) is 2.24. The van der Waals surface area contributed by atoms with E-state index >= 15 is 0 Å². The van der Waals surface area contributed by atoms with Gasteiger partial charge in [0.05, 0.1) is 0 Å². The van der Waals surface area contributed by atoms with E-state index in [0.29, 0.717) is 12.3 Å². The molecule has 0 radical (unpaired) electrons. The molecule has 3 N–H and O–H groups in total. The lowest BCUT2D eigenvalue weighted by Gasteiger charge is -2.35. The van der Waals surface area contributed by atoms with Gasteiger partial charge in [-0.2, -0.15) is 0 Å². The van der Waals surface area contributed by atoms with Crippen LogP contribution in [0.25, 0.3) is 0 Å². The zero-order valence-corrected chi connectivity index (χ0v) is 10.5. The molecule has 94 valence electrons. The van der Waals surface area contributed by atoms with Gasteiger partial charge in [-0.1, -0.05) is 19.0 Å². The minimum Gasteiger partial charge on any atom is -0.409 e. The molecule has 0 aromatic carbocycles. The van der Waals surface area contributed by atoms with E-state index in [1.165, 1.54) is 19.5 Å². The van der Waals surface area contributed by atoms with Crippen molar-refractivity contribution in [2.45, 2.75) is 39.5 Å². The van der Waals surface area contributed by atoms with Crippen LogP contribution in [0.3, 0.4) is 0 Å². The van der Waals surface area contributed by atoms with E-state index in [0.717, 1.165) is 31.2 Å². The van der Waals surface area contributed by atoms with Gasteiger partial charge < -0.3 is 15.8 Å². The molecule has 1 saturated heterocycles. The highest BCUT2D eigenvalue weighted by atomic mass is 16.4. The predicted molar refractivity (Wildman–Crippen MR) is 66.6 cm³/mol. The third kappa shape index (κ3) is 4.39. The van der Waals surface area contributed by atoms with Crippen LogP contribution in [-0.2, 0) is 0 Å². The molecular formula is C12H25N3O. The Balaban J connectivity index is 2.10. The van der Waals surface area contributed by atoms with Crippen molar-refractivity contribution < 1.29 is 5.21 Å². The normalized spacial score (nSPS) is 28.2. The number of unbranched alkanes of at least 4 members (excludes halogenated alkanes) is 1. The smallest absolute Gasteiger partial charge is 0.139 e. The second kappa shape index (κ2) is 6.74. The second-order valence-corrected chi connectivity index (χ2v) is 5.09. The zero-order chi connectivity index (χ0) is 12.0. The van der Waals surface area contributed by atoms with E-state index < -0.39 is 0 Å². The summed E-state index contributed by atoms with van der Waals surface area (Å²) in [7, 11) is 0. The molecule has 1 rings (SSSR count). The van der Waals surface area contributed by atoms with Crippen LogP contribution < -0.4 is 5.73 Å². The first kappa shape index (κ1) is 13.3.